The van der Waals surface area contributed by atoms with Crippen molar-refractivity contribution in [2.75, 3.05) is 6.61 Å². The number of ether oxygens (including phenoxy) is 1. The zero-order valence-corrected chi connectivity index (χ0v) is 6.84. The molecule has 1 aromatic carbocycles. The van der Waals surface area contributed by atoms with Crippen LogP contribution in [0.5, 0.6) is 0 Å². The van der Waals surface area contributed by atoms with Gasteiger partial charge >= 0.3 is 0 Å². The molecule has 2 rings (SSSR count). The molecule has 0 aromatic heterocycles. The van der Waals surface area contributed by atoms with E-state index in [9.17, 15) is 0 Å². The van der Waals surface area contributed by atoms with Gasteiger partial charge in [0.05, 0.1) is 12.7 Å². The Morgan fingerprint density at radius 3 is 2.82 bits per heavy atom. The molecule has 11 heavy (non-hydrogen) atoms. The van der Waals surface area contributed by atoms with E-state index in [2.05, 4.69) is 6.07 Å². The van der Waals surface area contributed by atoms with Crippen molar-refractivity contribution < 1.29 is 4.74 Å². The molecule has 58 valence electrons. The van der Waals surface area contributed by atoms with Crippen molar-refractivity contribution >= 4 is 11.6 Å². The highest BCUT2D eigenvalue weighted by molar-refractivity contribution is 6.30. The van der Waals surface area contributed by atoms with Gasteiger partial charge in [0.1, 0.15) is 0 Å². The van der Waals surface area contributed by atoms with E-state index < -0.39 is 0 Å². The summed E-state index contributed by atoms with van der Waals surface area (Å²) in [5.74, 6) is 0. The van der Waals surface area contributed by atoms with Crippen LogP contribution in [0, 0.1) is 0 Å². The minimum absolute atomic E-state index is 0.300. The molecule has 0 N–H and O–H groups in total. The van der Waals surface area contributed by atoms with E-state index in [4.69, 9.17) is 16.3 Å². The normalized spacial score (nSPS) is 22.8. The van der Waals surface area contributed by atoms with Gasteiger partial charge in [-0.2, -0.15) is 0 Å². The first-order valence-electron chi connectivity index (χ1n) is 3.73. The topological polar surface area (TPSA) is 9.23 Å². The van der Waals surface area contributed by atoms with Gasteiger partial charge in [-0.3, -0.25) is 0 Å². The molecular weight excluding hydrogens is 160 g/mol. The third kappa shape index (κ3) is 1.39. The largest absolute Gasteiger partial charge is 0.373 e. The molecule has 1 unspecified atom stereocenters. The van der Waals surface area contributed by atoms with E-state index in [-0.39, 0.29) is 0 Å². The molecule has 0 amide bonds. The van der Waals surface area contributed by atoms with Crippen LogP contribution in [-0.2, 0) is 4.74 Å². The second-order valence-corrected chi connectivity index (χ2v) is 3.14. The lowest BCUT2D eigenvalue weighted by molar-refractivity contribution is -0.0527. The van der Waals surface area contributed by atoms with Gasteiger partial charge in [-0.1, -0.05) is 23.7 Å². The Bertz CT molecular complexity index is 255. The highest BCUT2D eigenvalue weighted by Crippen LogP contribution is 2.30. The molecule has 0 radical (unpaired) electrons. The van der Waals surface area contributed by atoms with Crippen molar-refractivity contribution in [3.8, 4) is 0 Å². The Morgan fingerprint density at radius 2 is 2.27 bits per heavy atom. The van der Waals surface area contributed by atoms with Crippen LogP contribution in [0.15, 0.2) is 24.3 Å². The Hall–Kier alpha value is -0.530. The lowest BCUT2D eigenvalue weighted by Crippen LogP contribution is -2.17. The Balaban J connectivity index is 2.23. The van der Waals surface area contributed by atoms with Gasteiger partial charge in [0.15, 0.2) is 0 Å². The summed E-state index contributed by atoms with van der Waals surface area (Å²) < 4.78 is 5.31. The summed E-state index contributed by atoms with van der Waals surface area (Å²) >= 11 is 5.81. The van der Waals surface area contributed by atoms with E-state index in [1.54, 1.807) is 0 Å². The van der Waals surface area contributed by atoms with Gasteiger partial charge in [-0.25, -0.2) is 0 Å². The minimum atomic E-state index is 0.300. The number of rotatable bonds is 1. The van der Waals surface area contributed by atoms with Crippen LogP contribution in [0.3, 0.4) is 0 Å². The van der Waals surface area contributed by atoms with Crippen LogP contribution in [0.1, 0.15) is 18.1 Å². The molecule has 1 fully saturated rings. The molecule has 0 aliphatic carbocycles. The van der Waals surface area contributed by atoms with E-state index >= 15 is 0 Å². The van der Waals surface area contributed by atoms with E-state index in [1.807, 2.05) is 18.2 Å². The van der Waals surface area contributed by atoms with E-state index in [0.717, 1.165) is 18.1 Å². The zero-order chi connectivity index (χ0) is 7.68. The van der Waals surface area contributed by atoms with Gasteiger partial charge in [-0.15, -0.1) is 0 Å². The van der Waals surface area contributed by atoms with Crippen molar-refractivity contribution in [1.82, 2.24) is 0 Å². The SMILES string of the molecule is Clc1cccc(C2CCO2)c1. The first kappa shape index (κ1) is 7.14. The maximum Gasteiger partial charge on any atom is 0.0847 e. The van der Waals surface area contributed by atoms with Crippen LogP contribution < -0.4 is 0 Å². The Kier molecular flexibility index (Phi) is 1.84. The van der Waals surface area contributed by atoms with Crippen LogP contribution in [0.4, 0.5) is 0 Å². The van der Waals surface area contributed by atoms with Gasteiger partial charge < -0.3 is 4.74 Å². The number of hydrogen-bond donors (Lipinski definition) is 0. The Morgan fingerprint density at radius 1 is 1.45 bits per heavy atom. The maximum absolute atomic E-state index is 5.81. The van der Waals surface area contributed by atoms with Crippen molar-refractivity contribution in [3.63, 3.8) is 0 Å². The van der Waals surface area contributed by atoms with Crippen LogP contribution in [0.25, 0.3) is 0 Å². The summed E-state index contributed by atoms with van der Waals surface area (Å²) in [4.78, 5) is 0. The molecule has 1 saturated heterocycles. The number of benzene rings is 1. The Labute approximate surface area is 70.9 Å². The fourth-order valence-corrected chi connectivity index (χ4v) is 1.40. The average Bonchev–Trinajstić information content (AvgIpc) is 1.83. The predicted octanol–water partition coefficient (Wildman–Crippen LogP) is 2.80. The second kappa shape index (κ2) is 2.84. The molecule has 0 spiro atoms. The molecule has 2 heteroatoms. The van der Waals surface area contributed by atoms with Gasteiger partial charge in [-0.05, 0) is 17.7 Å². The van der Waals surface area contributed by atoms with Crippen molar-refractivity contribution in [1.29, 1.82) is 0 Å². The lowest BCUT2D eigenvalue weighted by atomic mass is 10.0. The summed E-state index contributed by atoms with van der Waals surface area (Å²) in [5, 5.41) is 0.790. The quantitative estimate of drug-likeness (QED) is 0.627. The third-order valence-electron chi connectivity index (χ3n) is 1.92. The zero-order valence-electron chi connectivity index (χ0n) is 6.09. The summed E-state index contributed by atoms with van der Waals surface area (Å²) in [6.07, 6.45) is 1.43. The standard InChI is InChI=1S/C9H9ClO/c10-8-3-1-2-7(6-8)9-4-5-11-9/h1-3,6,9H,4-5H2. The number of halogens is 1. The highest BCUT2D eigenvalue weighted by Gasteiger charge is 2.19. The lowest BCUT2D eigenvalue weighted by Gasteiger charge is -2.26. The second-order valence-electron chi connectivity index (χ2n) is 2.70. The molecule has 1 aromatic rings. The third-order valence-corrected chi connectivity index (χ3v) is 2.15. The van der Waals surface area contributed by atoms with Crippen LogP contribution >= 0.6 is 11.6 Å². The molecule has 1 aliphatic rings. The molecule has 0 saturated carbocycles. The fourth-order valence-electron chi connectivity index (χ4n) is 1.21. The van der Waals surface area contributed by atoms with Crippen molar-refractivity contribution in [2.45, 2.75) is 12.5 Å². The smallest absolute Gasteiger partial charge is 0.0847 e. The summed E-state index contributed by atoms with van der Waals surface area (Å²) in [6, 6.07) is 7.85. The van der Waals surface area contributed by atoms with Gasteiger partial charge in [0, 0.05) is 11.4 Å². The molecular formula is C9H9ClO. The van der Waals surface area contributed by atoms with Crippen molar-refractivity contribution in [2.24, 2.45) is 0 Å². The monoisotopic (exact) mass is 168 g/mol. The van der Waals surface area contributed by atoms with Crippen LogP contribution in [-0.4, -0.2) is 6.61 Å². The van der Waals surface area contributed by atoms with Gasteiger partial charge in [0.25, 0.3) is 0 Å². The number of hydrogen-bond acceptors (Lipinski definition) is 1. The molecule has 1 aliphatic heterocycles. The highest BCUT2D eigenvalue weighted by atomic mass is 35.5. The summed E-state index contributed by atoms with van der Waals surface area (Å²) in [7, 11) is 0. The molecule has 1 nitrogen and oxygen atoms in total. The maximum atomic E-state index is 5.81. The first-order chi connectivity index (χ1) is 5.36. The predicted molar refractivity (Wildman–Crippen MR) is 44.8 cm³/mol. The first-order valence-corrected chi connectivity index (χ1v) is 4.11. The molecule has 1 heterocycles. The van der Waals surface area contributed by atoms with Gasteiger partial charge in [0.2, 0.25) is 0 Å². The molecule has 0 bridgehead atoms. The summed E-state index contributed by atoms with van der Waals surface area (Å²) in [5.41, 5.74) is 1.20. The van der Waals surface area contributed by atoms with E-state index in [1.165, 1.54) is 5.56 Å². The summed E-state index contributed by atoms with van der Waals surface area (Å²) in [6.45, 7) is 0.886. The minimum Gasteiger partial charge on any atom is -0.373 e. The van der Waals surface area contributed by atoms with E-state index in [0.29, 0.717) is 6.10 Å². The average molecular weight is 169 g/mol. The van der Waals surface area contributed by atoms with Crippen LogP contribution in [0.2, 0.25) is 5.02 Å². The molecule has 1 atom stereocenters. The van der Waals surface area contributed by atoms with Crippen molar-refractivity contribution in [3.05, 3.63) is 34.9 Å². The fraction of sp³-hybridized carbons (Fsp3) is 0.333.